The first-order chi connectivity index (χ1) is 16.0. The lowest BCUT2D eigenvalue weighted by molar-refractivity contribution is -0.123. The highest BCUT2D eigenvalue weighted by Gasteiger charge is 2.25. The number of nitrogens with two attached hydrogens (primary N) is 1. The number of amidine groups is 1. The van der Waals surface area contributed by atoms with Crippen molar-refractivity contribution in [2.75, 3.05) is 5.32 Å². The molecule has 3 aromatic carbocycles. The number of ether oxygens (including phenoxy) is 1. The maximum absolute atomic E-state index is 13.3. The molecule has 5 rings (SSSR count). The Hall–Kier alpha value is -3.88. The number of oxazole rings is 1. The monoisotopic (exact) mass is 476 g/mol. The van der Waals surface area contributed by atoms with Crippen LogP contribution in [0.15, 0.2) is 77.2 Å². The van der Waals surface area contributed by atoms with Crippen LogP contribution in [0.2, 0.25) is 5.02 Å². The lowest BCUT2D eigenvalue weighted by Crippen LogP contribution is -2.25. The number of rotatable bonds is 6. The van der Waals surface area contributed by atoms with Gasteiger partial charge >= 0.3 is 6.01 Å². The molecule has 1 amide bonds. The Labute approximate surface area is 197 Å². The molecule has 33 heavy (non-hydrogen) atoms. The van der Waals surface area contributed by atoms with Gasteiger partial charge in [0.15, 0.2) is 5.58 Å². The highest BCUT2D eigenvalue weighted by atomic mass is 35.5. The van der Waals surface area contributed by atoms with Crippen molar-refractivity contribution in [3.05, 3.63) is 88.3 Å². The van der Waals surface area contributed by atoms with Gasteiger partial charge in [-0.05, 0) is 36.4 Å². The van der Waals surface area contributed by atoms with Gasteiger partial charge in [0, 0.05) is 20.7 Å². The molecular formula is C24H17ClN4O3S. The molecule has 0 aliphatic carbocycles. The van der Waals surface area contributed by atoms with Gasteiger partial charge in [-0.3, -0.25) is 15.5 Å². The zero-order valence-electron chi connectivity index (χ0n) is 17.0. The number of nitrogen functional groups attached to an aromatic ring is 1. The summed E-state index contributed by atoms with van der Waals surface area (Å²) in [4.78, 5) is 18.2. The van der Waals surface area contributed by atoms with Crippen molar-refractivity contribution in [2.24, 2.45) is 5.73 Å². The smallest absolute Gasteiger partial charge is 0.302 e. The van der Waals surface area contributed by atoms with Crippen LogP contribution in [0.1, 0.15) is 16.5 Å². The molecule has 0 radical (unpaired) electrons. The van der Waals surface area contributed by atoms with Crippen molar-refractivity contribution >= 4 is 61.9 Å². The number of carbonyl (C=O) groups excluding carboxylic acids is 1. The fourth-order valence-electron chi connectivity index (χ4n) is 3.42. The number of nitrogens with zero attached hydrogens (tertiary/aromatic N) is 1. The first-order valence-electron chi connectivity index (χ1n) is 9.93. The lowest BCUT2D eigenvalue weighted by Gasteiger charge is -2.19. The van der Waals surface area contributed by atoms with Gasteiger partial charge in [0.05, 0.1) is 4.88 Å². The molecule has 4 N–H and O–H groups in total. The third kappa shape index (κ3) is 4.26. The normalized spacial score (nSPS) is 12.0. The molecule has 9 heteroatoms. The minimum atomic E-state index is -0.976. The highest BCUT2D eigenvalue weighted by Crippen LogP contribution is 2.35. The Morgan fingerprint density at radius 1 is 1.12 bits per heavy atom. The van der Waals surface area contributed by atoms with Crippen molar-refractivity contribution in [3.8, 4) is 5.75 Å². The predicted octanol–water partition coefficient (Wildman–Crippen LogP) is 5.74. The van der Waals surface area contributed by atoms with Gasteiger partial charge in [-0.15, -0.1) is 11.3 Å². The first kappa shape index (κ1) is 21.0. The molecular weight excluding hydrogens is 460 g/mol. The summed E-state index contributed by atoms with van der Waals surface area (Å²) in [6.07, 6.45) is -0.976. The third-order valence-electron chi connectivity index (χ3n) is 4.95. The molecule has 2 heterocycles. The summed E-state index contributed by atoms with van der Waals surface area (Å²) in [5.74, 6) is 0.0399. The van der Waals surface area contributed by atoms with Gasteiger partial charge in [-0.25, -0.2) is 0 Å². The van der Waals surface area contributed by atoms with E-state index in [9.17, 15) is 4.79 Å². The Bertz CT molecular complexity index is 1500. The summed E-state index contributed by atoms with van der Waals surface area (Å²) in [7, 11) is 0. The number of amides is 1. The van der Waals surface area contributed by atoms with Crippen LogP contribution in [-0.2, 0) is 4.79 Å². The fraction of sp³-hybridized carbons (Fsp3) is 0.0417. The molecule has 0 fully saturated rings. The third-order valence-corrected chi connectivity index (χ3v) is 6.32. The van der Waals surface area contributed by atoms with E-state index in [1.165, 1.54) is 11.3 Å². The zero-order chi connectivity index (χ0) is 22.9. The summed E-state index contributed by atoms with van der Waals surface area (Å²) < 4.78 is 12.8. The van der Waals surface area contributed by atoms with E-state index in [4.69, 9.17) is 31.9 Å². The number of aromatic nitrogens is 1. The minimum absolute atomic E-state index is 0.0180. The van der Waals surface area contributed by atoms with Gasteiger partial charge < -0.3 is 14.9 Å². The maximum Gasteiger partial charge on any atom is 0.302 e. The Kier molecular flexibility index (Phi) is 5.45. The number of hydrogen-bond donors (Lipinski definition) is 3. The Balaban J connectivity index is 1.49. The van der Waals surface area contributed by atoms with Crippen LogP contribution in [0.5, 0.6) is 5.75 Å². The van der Waals surface area contributed by atoms with Crippen molar-refractivity contribution in [1.29, 1.82) is 5.41 Å². The minimum Gasteiger partial charge on any atom is -0.475 e. The molecule has 2 aromatic heterocycles. The van der Waals surface area contributed by atoms with E-state index >= 15 is 0 Å². The summed E-state index contributed by atoms with van der Waals surface area (Å²) in [5.41, 5.74) is 7.36. The molecule has 1 atom stereocenters. The average Bonchev–Trinajstić information content (AvgIpc) is 3.41. The maximum atomic E-state index is 13.3. The SMILES string of the molecule is N=C(N)c1cc2c(OC(C(=O)Nc3nc4cc(Cl)ccc4o3)c3ccccc3)cccc2s1. The van der Waals surface area contributed by atoms with E-state index in [0.29, 0.717) is 32.3 Å². The quantitative estimate of drug-likeness (QED) is 0.213. The molecule has 0 bridgehead atoms. The Morgan fingerprint density at radius 2 is 1.94 bits per heavy atom. The number of hydrogen-bond acceptors (Lipinski definition) is 6. The summed E-state index contributed by atoms with van der Waals surface area (Å²) in [6.45, 7) is 0. The summed E-state index contributed by atoms with van der Waals surface area (Å²) in [5, 5.41) is 11.7. The summed E-state index contributed by atoms with van der Waals surface area (Å²) in [6, 6.07) is 21.6. The van der Waals surface area contributed by atoms with Crippen LogP contribution >= 0.6 is 22.9 Å². The number of fused-ring (bicyclic) bond motifs is 2. The van der Waals surface area contributed by atoms with E-state index in [-0.39, 0.29) is 11.9 Å². The van der Waals surface area contributed by atoms with E-state index in [2.05, 4.69) is 10.3 Å². The molecule has 0 spiro atoms. The van der Waals surface area contributed by atoms with E-state index in [1.807, 2.05) is 42.5 Å². The van der Waals surface area contributed by atoms with Gasteiger partial charge in [-0.1, -0.05) is 48.0 Å². The zero-order valence-corrected chi connectivity index (χ0v) is 18.6. The number of anilines is 1. The van der Waals surface area contributed by atoms with Crippen molar-refractivity contribution < 1.29 is 13.9 Å². The van der Waals surface area contributed by atoms with Crippen molar-refractivity contribution in [1.82, 2.24) is 4.98 Å². The average molecular weight is 477 g/mol. The van der Waals surface area contributed by atoms with Crippen molar-refractivity contribution in [2.45, 2.75) is 6.10 Å². The van der Waals surface area contributed by atoms with Crippen molar-refractivity contribution in [3.63, 3.8) is 0 Å². The van der Waals surface area contributed by atoms with E-state index < -0.39 is 12.0 Å². The molecule has 7 nitrogen and oxygen atoms in total. The van der Waals surface area contributed by atoms with Gasteiger partial charge in [0.1, 0.15) is 17.1 Å². The molecule has 0 saturated carbocycles. The second kappa shape index (κ2) is 8.57. The summed E-state index contributed by atoms with van der Waals surface area (Å²) >= 11 is 7.41. The molecule has 1 unspecified atom stereocenters. The topological polar surface area (TPSA) is 114 Å². The van der Waals surface area contributed by atoms with Gasteiger partial charge in [-0.2, -0.15) is 4.98 Å². The molecule has 0 aliphatic heterocycles. The first-order valence-corrected chi connectivity index (χ1v) is 11.1. The van der Waals surface area contributed by atoms with Crippen LogP contribution in [0.3, 0.4) is 0 Å². The van der Waals surface area contributed by atoms with Crippen LogP contribution in [0.25, 0.3) is 21.2 Å². The lowest BCUT2D eigenvalue weighted by atomic mass is 10.1. The second-order valence-corrected chi connectivity index (χ2v) is 8.74. The highest BCUT2D eigenvalue weighted by molar-refractivity contribution is 7.20. The molecule has 5 aromatic rings. The van der Waals surface area contributed by atoms with Crippen LogP contribution in [0.4, 0.5) is 6.01 Å². The number of benzene rings is 3. The number of nitrogens with one attached hydrogen (secondary N) is 2. The fourth-order valence-corrected chi connectivity index (χ4v) is 4.53. The van der Waals surface area contributed by atoms with E-state index in [1.54, 1.807) is 30.3 Å². The van der Waals surface area contributed by atoms with Crippen LogP contribution < -0.4 is 15.8 Å². The predicted molar refractivity (Wildman–Crippen MR) is 130 cm³/mol. The number of carbonyl (C=O) groups is 1. The second-order valence-electron chi connectivity index (χ2n) is 7.22. The molecule has 164 valence electrons. The van der Waals surface area contributed by atoms with Gasteiger partial charge in [0.25, 0.3) is 5.91 Å². The number of thiophene rings is 1. The molecule has 0 aliphatic rings. The van der Waals surface area contributed by atoms with Gasteiger partial charge in [0.2, 0.25) is 6.10 Å². The standard InChI is InChI=1S/C24H17ClN4O3S/c25-14-9-10-18-16(11-14)28-24(32-18)29-23(30)21(13-5-2-1-3-6-13)31-17-7-4-8-19-15(17)12-20(33-19)22(26)27/h1-12,21H,(H3,26,27)(H,28,29,30). The molecule has 0 saturated heterocycles. The number of halogens is 1. The van der Waals surface area contributed by atoms with Crippen LogP contribution in [-0.4, -0.2) is 16.7 Å². The Morgan fingerprint density at radius 3 is 2.73 bits per heavy atom. The largest absolute Gasteiger partial charge is 0.475 e. The van der Waals surface area contributed by atoms with Crippen LogP contribution in [0, 0.1) is 5.41 Å². The van der Waals surface area contributed by atoms with E-state index in [0.717, 1.165) is 10.1 Å².